The van der Waals surface area contributed by atoms with E-state index in [4.69, 9.17) is 4.98 Å². The van der Waals surface area contributed by atoms with Crippen LogP contribution in [-0.2, 0) is 0 Å². The Kier molecular flexibility index (Phi) is 5.84. The van der Waals surface area contributed by atoms with Gasteiger partial charge in [0.15, 0.2) is 6.17 Å². The molecule has 5 heterocycles. The van der Waals surface area contributed by atoms with Crippen LogP contribution in [0.4, 0.5) is 4.39 Å². The number of pyridine rings is 2. The summed E-state index contributed by atoms with van der Waals surface area (Å²) in [6.07, 6.45) is 4.23. The minimum absolute atomic E-state index is 0.588. The van der Waals surface area contributed by atoms with E-state index in [1.54, 1.807) is 6.20 Å². The molecular weight excluding hydrogens is 630 g/mol. The van der Waals surface area contributed by atoms with Gasteiger partial charge in [-0.25, -0.2) is 14.4 Å². The molecule has 11 rings (SSSR count). The Balaban J connectivity index is 1.17. The fourth-order valence-electron chi connectivity index (χ4n) is 8.27. The van der Waals surface area contributed by atoms with Gasteiger partial charge in [0.25, 0.3) is 0 Å². The molecule has 11 aromatic rings. The lowest BCUT2D eigenvalue weighted by Gasteiger charge is -2.14. The smallest absolute Gasteiger partial charge is 0.150 e. The van der Waals surface area contributed by atoms with Gasteiger partial charge in [0.1, 0.15) is 11.5 Å². The first kappa shape index (κ1) is 28.1. The summed E-state index contributed by atoms with van der Waals surface area (Å²) in [6, 6.07) is 49.6. The first-order chi connectivity index (χ1) is 25.2. The normalized spacial score (nSPS) is 12.7. The van der Waals surface area contributed by atoms with Gasteiger partial charge in [0.2, 0.25) is 0 Å². The zero-order valence-corrected chi connectivity index (χ0v) is 27.3. The molecule has 51 heavy (non-hydrogen) atoms. The van der Waals surface area contributed by atoms with E-state index in [1.165, 1.54) is 10.8 Å². The second-order valence-electron chi connectivity index (χ2n) is 13.1. The third kappa shape index (κ3) is 3.96. The van der Waals surface area contributed by atoms with Crippen molar-refractivity contribution >= 4 is 70.9 Å². The molecule has 0 amide bonds. The van der Waals surface area contributed by atoms with Crippen LogP contribution in [0.15, 0.2) is 164 Å². The Labute approximate surface area is 291 Å². The highest BCUT2D eigenvalue weighted by Gasteiger charge is 2.23. The monoisotopic (exact) mass is 657 g/mol. The van der Waals surface area contributed by atoms with Crippen molar-refractivity contribution in [2.75, 3.05) is 0 Å². The van der Waals surface area contributed by atoms with E-state index in [-0.39, 0.29) is 0 Å². The Morgan fingerprint density at radius 1 is 0.451 bits per heavy atom. The third-order valence-electron chi connectivity index (χ3n) is 10.4. The number of aromatic nitrogens is 5. The van der Waals surface area contributed by atoms with E-state index in [0.717, 1.165) is 71.7 Å². The fourth-order valence-corrected chi connectivity index (χ4v) is 8.27. The van der Waals surface area contributed by atoms with Crippen LogP contribution >= 0.6 is 0 Å². The number of fused-ring (bicyclic) bond motifs is 13. The number of rotatable bonds is 4. The number of para-hydroxylation sites is 3. The maximum absolute atomic E-state index is 16.9. The summed E-state index contributed by atoms with van der Waals surface area (Å²) in [4.78, 5) is 9.46. The zero-order valence-electron chi connectivity index (χ0n) is 27.3. The van der Waals surface area contributed by atoms with Crippen LogP contribution in [0.2, 0.25) is 0 Å². The molecule has 0 saturated carbocycles. The van der Waals surface area contributed by atoms with Crippen molar-refractivity contribution in [2.24, 2.45) is 0 Å². The lowest BCUT2D eigenvalue weighted by atomic mass is 9.97. The molecule has 6 aromatic carbocycles. The van der Waals surface area contributed by atoms with Gasteiger partial charge in [-0.2, -0.15) is 0 Å². The van der Waals surface area contributed by atoms with E-state index >= 15 is 4.39 Å². The molecule has 0 radical (unpaired) electrons. The number of nitrogens with zero attached hydrogens (tertiary/aromatic N) is 5. The van der Waals surface area contributed by atoms with Crippen LogP contribution in [0.1, 0.15) is 17.3 Å². The molecule has 5 nitrogen and oxygen atoms in total. The highest BCUT2D eigenvalue weighted by molar-refractivity contribution is 6.29. The second-order valence-corrected chi connectivity index (χ2v) is 13.1. The Morgan fingerprint density at radius 3 is 1.92 bits per heavy atom. The number of imidazole rings is 1. The SMILES string of the molecule is FC(c1ccc2c3ccccc3n3ccnc3c2c1)c1ccc2c3c4c5ccccc5n(-c5ccccc5)c4ccc3n(-c3ccccn3)c2c1. The molecule has 0 N–H and O–H groups in total. The summed E-state index contributed by atoms with van der Waals surface area (Å²) in [5, 5.41) is 7.62. The predicted octanol–water partition coefficient (Wildman–Crippen LogP) is 11.3. The summed E-state index contributed by atoms with van der Waals surface area (Å²) >= 11 is 0. The molecule has 0 bridgehead atoms. The quantitative estimate of drug-likeness (QED) is 0.177. The van der Waals surface area contributed by atoms with Gasteiger partial charge < -0.3 is 4.57 Å². The second kappa shape index (κ2) is 10.6. The predicted molar refractivity (Wildman–Crippen MR) is 206 cm³/mol. The largest absolute Gasteiger partial charge is 0.309 e. The van der Waals surface area contributed by atoms with E-state index in [9.17, 15) is 0 Å². The molecule has 1 unspecified atom stereocenters. The number of hydrogen-bond donors (Lipinski definition) is 0. The van der Waals surface area contributed by atoms with Gasteiger partial charge in [0.05, 0.1) is 27.6 Å². The Hall–Kier alpha value is -6.79. The Bertz CT molecular complexity index is 3150. The molecule has 0 fully saturated rings. The average molecular weight is 658 g/mol. The molecule has 0 saturated heterocycles. The number of benzene rings is 6. The van der Waals surface area contributed by atoms with Crippen LogP contribution in [0.3, 0.4) is 0 Å². The molecule has 0 aliphatic rings. The summed E-state index contributed by atoms with van der Waals surface area (Å²) in [5.74, 6) is 0.787. The lowest BCUT2D eigenvalue weighted by molar-refractivity contribution is 0.402. The molecule has 0 spiro atoms. The van der Waals surface area contributed by atoms with Crippen molar-refractivity contribution in [3.05, 3.63) is 175 Å². The lowest BCUT2D eigenvalue weighted by Crippen LogP contribution is -1.99. The van der Waals surface area contributed by atoms with Crippen LogP contribution in [0.5, 0.6) is 0 Å². The Morgan fingerprint density at radius 2 is 1.12 bits per heavy atom. The van der Waals surface area contributed by atoms with E-state index in [0.29, 0.717) is 11.1 Å². The molecule has 5 aromatic heterocycles. The summed E-state index contributed by atoms with van der Waals surface area (Å²) in [5.41, 5.74) is 8.39. The highest BCUT2D eigenvalue weighted by Crippen LogP contribution is 2.43. The van der Waals surface area contributed by atoms with Crippen LogP contribution < -0.4 is 0 Å². The van der Waals surface area contributed by atoms with Crippen molar-refractivity contribution in [1.82, 2.24) is 23.5 Å². The first-order valence-corrected chi connectivity index (χ1v) is 17.1. The average Bonchev–Trinajstić information content (AvgIpc) is 3.91. The molecule has 6 heteroatoms. The van der Waals surface area contributed by atoms with E-state index in [1.807, 2.05) is 79.1 Å². The highest BCUT2D eigenvalue weighted by atomic mass is 19.1. The van der Waals surface area contributed by atoms with Gasteiger partial charge in [-0.1, -0.05) is 84.9 Å². The number of hydrogen-bond acceptors (Lipinski definition) is 2. The summed E-state index contributed by atoms with van der Waals surface area (Å²) in [6.45, 7) is 0. The molecule has 0 aliphatic carbocycles. The van der Waals surface area contributed by atoms with Gasteiger partial charge in [0, 0.05) is 56.6 Å². The minimum atomic E-state index is -1.35. The van der Waals surface area contributed by atoms with Gasteiger partial charge in [-0.15, -0.1) is 0 Å². The van der Waals surface area contributed by atoms with Gasteiger partial charge >= 0.3 is 0 Å². The van der Waals surface area contributed by atoms with Crippen molar-refractivity contribution in [1.29, 1.82) is 0 Å². The van der Waals surface area contributed by atoms with Crippen molar-refractivity contribution in [3.8, 4) is 11.5 Å². The molecule has 1 atom stereocenters. The van der Waals surface area contributed by atoms with Crippen molar-refractivity contribution in [2.45, 2.75) is 6.17 Å². The van der Waals surface area contributed by atoms with Gasteiger partial charge in [-0.05, 0) is 77.2 Å². The zero-order chi connectivity index (χ0) is 33.6. The standard InChI is InChI=1S/C45H28FN5/c46-44(28-17-19-31-32-12-4-6-14-36(32)49-25-24-48-45(49)35(31)26-28)29-18-20-34-40(27-29)51(41-16-8-9-23-47-41)39-22-21-38-42(43(34)39)33-13-5-7-15-37(33)50(38)30-10-2-1-3-11-30/h1-27,44H. The minimum Gasteiger partial charge on any atom is -0.309 e. The topological polar surface area (TPSA) is 40.0 Å². The third-order valence-corrected chi connectivity index (χ3v) is 10.4. The van der Waals surface area contributed by atoms with Crippen LogP contribution in [0, 0.1) is 0 Å². The summed E-state index contributed by atoms with van der Waals surface area (Å²) < 4.78 is 23.5. The van der Waals surface area contributed by atoms with E-state index in [2.05, 4.69) is 97.4 Å². The summed E-state index contributed by atoms with van der Waals surface area (Å²) in [7, 11) is 0. The van der Waals surface area contributed by atoms with E-state index < -0.39 is 6.17 Å². The molecule has 240 valence electrons. The molecular formula is C45H28FN5. The fraction of sp³-hybridized carbons (Fsp3) is 0.0222. The first-order valence-electron chi connectivity index (χ1n) is 17.1. The molecule has 0 aliphatic heterocycles. The number of alkyl halides is 1. The van der Waals surface area contributed by atoms with Gasteiger partial charge in [-0.3, -0.25) is 8.97 Å². The van der Waals surface area contributed by atoms with Crippen LogP contribution in [-0.4, -0.2) is 23.5 Å². The number of halogens is 1. The maximum atomic E-state index is 16.9. The van der Waals surface area contributed by atoms with Crippen molar-refractivity contribution < 1.29 is 4.39 Å². The maximum Gasteiger partial charge on any atom is 0.150 e. The van der Waals surface area contributed by atoms with Crippen molar-refractivity contribution in [3.63, 3.8) is 0 Å². The van der Waals surface area contributed by atoms with Crippen LogP contribution in [0.25, 0.3) is 82.4 Å².